The largest absolute Gasteiger partial charge is 0.458 e. The monoisotopic (exact) mass is 368 g/mol. The normalized spacial score (nSPS) is 18.7. The number of ether oxygens (including phenoxy) is 3. The van der Waals surface area contributed by atoms with E-state index in [1.54, 1.807) is 48.5 Å². The van der Waals surface area contributed by atoms with Crippen molar-refractivity contribution in [3.63, 3.8) is 0 Å². The molecule has 0 saturated carbocycles. The molecule has 0 aliphatic carbocycles. The van der Waals surface area contributed by atoms with Gasteiger partial charge < -0.3 is 14.2 Å². The number of aryl methyl sites for hydroxylation is 2. The number of esters is 3. The molecule has 1 saturated heterocycles. The maximum atomic E-state index is 12.3. The van der Waals surface area contributed by atoms with Crippen LogP contribution in [-0.4, -0.2) is 36.7 Å². The molecule has 0 bridgehead atoms. The SMILES string of the molecule is Cc1ccc(C(=O)OC[C@@H]2OC(=O)C[C@H]2OC(=O)c2ccc(C)cc2)cc1. The average molecular weight is 368 g/mol. The van der Waals surface area contributed by atoms with E-state index in [9.17, 15) is 14.4 Å². The highest BCUT2D eigenvalue weighted by Gasteiger charge is 2.39. The molecule has 0 unspecified atom stereocenters. The number of benzene rings is 2. The quantitative estimate of drug-likeness (QED) is 0.596. The van der Waals surface area contributed by atoms with Crippen LogP contribution in [0.1, 0.15) is 38.3 Å². The van der Waals surface area contributed by atoms with Crippen LogP contribution in [0.15, 0.2) is 48.5 Å². The first kappa shape index (κ1) is 18.6. The van der Waals surface area contributed by atoms with Gasteiger partial charge in [0.2, 0.25) is 0 Å². The minimum Gasteiger partial charge on any atom is -0.458 e. The van der Waals surface area contributed by atoms with Gasteiger partial charge in [-0.25, -0.2) is 9.59 Å². The molecule has 2 aromatic carbocycles. The van der Waals surface area contributed by atoms with Crippen molar-refractivity contribution in [2.24, 2.45) is 0 Å². The number of carbonyl (C=O) groups is 3. The van der Waals surface area contributed by atoms with Crippen LogP contribution in [0.3, 0.4) is 0 Å². The van der Waals surface area contributed by atoms with E-state index in [0.717, 1.165) is 11.1 Å². The standard InChI is InChI=1S/C21H20O6/c1-13-3-7-15(8-4-13)20(23)25-12-18-17(11-19(22)26-18)27-21(24)16-9-5-14(2)6-10-16/h3-10,17-18H,11-12H2,1-2H3/t17-,18+/m1/s1. The molecule has 2 atom stereocenters. The number of hydrogen-bond acceptors (Lipinski definition) is 6. The molecule has 2 aromatic rings. The second kappa shape index (κ2) is 8.03. The maximum Gasteiger partial charge on any atom is 0.338 e. The summed E-state index contributed by atoms with van der Waals surface area (Å²) in [5.74, 6) is -1.57. The maximum absolute atomic E-state index is 12.3. The summed E-state index contributed by atoms with van der Waals surface area (Å²) in [5, 5.41) is 0. The highest BCUT2D eigenvalue weighted by atomic mass is 16.6. The number of carbonyl (C=O) groups excluding carboxylic acids is 3. The smallest absolute Gasteiger partial charge is 0.338 e. The Balaban J connectivity index is 1.59. The van der Waals surface area contributed by atoms with Gasteiger partial charge in [0.05, 0.1) is 17.5 Å². The second-order valence-electron chi connectivity index (χ2n) is 6.51. The first-order valence-corrected chi connectivity index (χ1v) is 8.63. The van der Waals surface area contributed by atoms with E-state index in [2.05, 4.69) is 0 Å². The van der Waals surface area contributed by atoms with Crippen LogP contribution >= 0.6 is 0 Å². The zero-order valence-electron chi connectivity index (χ0n) is 15.1. The van der Waals surface area contributed by atoms with Gasteiger partial charge in [0.15, 0.2) is 12.2 Å². The molecule has 0 radical (unpaired) electrons. The fraction of sp³-hybridized carbons (Fsp3) is 0.286. The number of rotatable bonds is 5. The molecule has 3 rings (SSSR count). The Morgan fingerprint density at radius 2 is 1.44 bits per heavy atom. The number of cyclic esters (lactones) is 1. The van der Waals surface area contributed by atoms with Crippen molar-refractivity contribution in [3.8, 4) is 0 Å². The molecule has 140 valence electrons. The van der Waals surface area contributed by atoms with Gasteiger partial charge in [-0.05, 0) is 38.1 Å². The van der Waals surface area contributed by atoms with Crippen LogP contribution in [0.2, 0.25) is 0 Å². The molecule has 27 heavy (non-hydrogen) atoms. The van der Waals surface area contributed by atoms with Crippen LogP contribution in [0.4, 0.5) is 0 Å². The van der Waals surface area contributed by atoms with Crippen LogP contribution in [0.5, 0.6) is 0 Å². The van der Waals surface area contributed by atoms with Gasteiger partial charge in [0.1, 0.15) is 6.61 Å². The summed E-state index contributed by atoms with van der Waals surface area (Å²) in [6.07, 6.45) is -1.68. The molecule has 0 N–H and O–H groups in total. The molecule has 6 heteroatoms. The van der Waals surface area contributed by atoms with Gasteiger partial charge >= 0.3 is 17.9 Å². The Labute approximate surface area is 157 Å². The third-order valence-electron chi connectivity index (χ3n) is 4.28. The summed E-state index contributed by atoms with van der Waals surface area (Å²) >= 11 is 0. The summed E-state index contributed by atoms with van der Waals surface area (Å²) in [7, 11) is 0. The van der Waals surface area contributed by atoms with E-state index >= 15 is 0 Å². The highest BCUT2D eigenvalue weighted by molar-refractivity contribution is 5.90. The second-order valence-corrected chi connectivity index (χ2v) is 6.51. The molecular formula is C21H20O6. The van der Waals surface area contributed by atoms with Crippen molar-refractivity contribution in [2.45, 2.75) is 32.5 Å². The first-order chi connectivity index (χ1) is 12.9. The highest BCUT2D eigenvalue weighted by Crippen LogP contribution is 2.21. The van der Waals surface area contributed by atoms with Gasteiger partial charge in [-0.15, -0.1) is 0 Å². The predicted molar refractivity (Wildman–Crippen MR) is 96.3 cm³/mol. The molecule has 1 heterocycles. The summed E-state index contributed by atoms with van der Waals surface area (Å²) < 4.78 is 15.8. The Morgan fingerprint density at radius 1 is 0.926 bits per heavy atom. The Bertz CT molecular complexity index is 838. The van der Waals surface area contributed by atoms with Crippen molar-refractivity contribution >= 4 is 17.9 Å². The van der Waals surface area contributed by atoms with Gasteiger partial charge in [-0.1, -0.05) is 35.4 Å². The van der Waals surface area contributed by atoms with Gasteiger partial charge in [-0.2, -0.15) is 0 Å². The minimum atomic E-state index is -0.818. The first-order valence-electron chi connectivity index (χ1n) is 8.63. The fourth-order valence-electron chi connectivity index (χ4n) is 2.67. The zero-order valence-corrected chi connectivity index (χ0v) is 15.1. The van der Waals surface area contributed by atoms with Crippen LogP contribution < -0.4 is 0 Å². The van der Waals surface area contributed by atoms with Gasteiger partial charge in [0, 0.05) is 0 Å². The molecular weight excluding hydrogens is 348 g/mol. The summed E-state index contributed by atoms with van der Waals surface area (Å²) in [6.45, 7) is 3.65. The third-order valence-corrected chi connectivity index (χ3v) is 4.28. The van der Waals surface area contributed by atoms with Gasteiger partial charge in [-0.3, -0.25) is 4.79 Å². The van der Waals surface area contributed by atoms with Crippen molar-refractivity contribution in [1.29, 1.82) is 0 Å². The summed E-state index contributed by atoms with van der Waals surface area (Å²) in [5.41, 5.74) is 2.83. The van der Waals surface area contributed by atoms with E-state index in [1.807, 2.05) is 13.8 Å². The average Bonchev–Trinajstić information content (AvgIpc) is 3.00. The van der Waals surface area contributed by atoms with E-state index in [0.29, 0.717) is 11.1 Å². The zero-order chi connectivity index (χ0) is 19.4. The minimum absolute atomic E-state index is 0.0651. The Hall–Kier alpha value is -3.15. The van der Waals surface area contributed by atoms with Crippen LogP contribution in [0, 0.1) is 13.8 Å². The predicted octanol–water partition coefficient (Wildman–Crippen LogP) is 3.00. The van der Waals surface area contributed by atoms with Gasteiger partial charge in [0.25, 0.3) is 0 Å². The lowest BCUT2D eigenvalue weighted by atomic mass is 10.1. The van der Waals surface area contributed by atoms with E-state index in [1.165, 1.54) is 0 Å². The van der Waals surface area contributed by atoms with E-state index in [-0.39, 0.29) is 13.0 Å². The molecule has 1 aliphatic rings. The molecule has 0 amide bonds. The molecule has 6 nitrogen and oxygen atoms in total. The van der Waals surface area contributed by atoms with Crippen molar-refractivity contribution in [2.75, 3.05) is 6.61 Å². The Kier molecular flexibility index (Phi) is 5.54. The van der Waals surface area contributed by atoms with Crippen LogP contribution in [-0.2, 0) is 19.0 Å². The lowest BCUT2D eigenvalue weighted by Crippen LogP contribution is -2.32. The third kappa shape index (κ3) is 4.73. The summed E-state index contributed by atoms with van der Waals surface area (Å²) in [4.78, 5) is 36.0. The van der Waals surface area contributed by atoms with Crippen molar-refractivity contribution in [1.82, 2.24) is 0 Å². The van der Waals surface area contributed by atoms with E-state index < -0.39 is 30.1 Å². The lowest BCUT2D eigenvalue weighted by Gasteiger charge is -2.18. The van der Waals surface area contributed by atoms with Crippen molar-refractivity contribution in [3.05, 3.63) is 70.8 Å². The number of hydrogen-bond donors (Lipinski definition) is 0. The molecule has 0 spiro atoms. The topological polar surface area (TPSA) is 78.9 Å². The van der Waals surface area contributed by atoms with Crippen LogP contribution in [0.25, 0.3) is 0 Å². The van der Waals surface area contributed by atoms with E-state index in [4.69, 9.17) is 14.2 Å². The summed E-state index contributed by atoms with van der Waals surface area (Å²) in [6, 6.07) is 13.8. The molecule has 1 aliphatic heterocycles. The fourth-order valence-corrected chi connectivity index (χ4v) is 2.67. The van der Waals surface area contributed by atoms with Crippen molar-refractivity contribution < 1.29 is 28.6 Å². The lowest BCUT2D eigenvalue weighted by molar-refractivity contribution is -0.143. The Morgan fingerprint density at radius 3 is 2.00 bits per heavy atom. The molecule has 1 fully saturated rings. The molecule has 0 aromatic heterocycles.